The fourth-order valence-corrected chi connectivity index (χ4v) is 1.98. The lowest BCUT2D eigenvalue weighted by Crippen LogP contribution is -2.12. The summed E-state index contributed by atoms with van der Waals surface area (Å²) in [4.78, 5) is 12.2. The number of carbonyl (C=O) groups is 1. The van der Waals surface area contributed by atoms with E-state index in [9.17, 15) is 9.18 Å². The molecule has 0 aliphatic heterocycles. The van der Waals surface area contributed by atoms with E-state index in [0.717, 1.165) is 0 Å². The van der Waals surface area contributed by atoms with Crippen molar-refractivity contribution in [3.63, 3.8) is 0 Å². The van der Waals surface area contributed by atoms with Gasteiger partial charge in [-0.3, -0.25) is 9.89 Å². The third-order valence-electron chi connectivity index (χ3n) is 2.86. The molecule has 1 heterocycles. The Morgan fingerprint density at radius 3 is 2.63 bits per heavy atom. The number of nitrogens with one attached hydrogen (secondary N) is 2. The second-order valence-corrected chi connectivity index (χ2v) is 4.06. The molecule has 0 unspecified atom stereocenters. The number of H-pyrrole nitrogens is 1. The normalized spacial score (nSPS) is 10.6. The van der Waals surface area contributed by atoms with Gasteiger partial charge in [-0.1, -0.05) is 24.3 Å². The second kappa shape index (κ2) is 4.53. The number of halogens is 1. The van der Waals surface area contributed by atoms with Crippen LogP contribution in [0.25, 0.3) is 10.8 Å². The monoisotopic (exact) mass is 255 g/mol. The molecule has 5 heteroatoms. The number of fused-ring (bicyclic) bond motifs is 1. The van der Waals surface area contributed by atoms with E-state index in [0.29, 0.717) is 22.2 Å². The number of nitrogens with zero attached hydrogens (tertiary/aromatic N) is 1. The Labute approximate surface area is 108 Å². The van der Waals surface area contributed by atoms with E-state index in [4.69, 9.17) is 0 Å². The molecule has 0 aliphatic rings. The predicted octanol–water partition coefficient (Wildman–Crippen LogP) is 2.95. The first-order chi connectivity index (χ1) is 9.25. The predicted molar refractivity (Wildman–Crippen MR) is 70.4 cm³/mol. The van der Waals surface area contributed by atoms with Crippen LogP contribution in [-0.2, 0) is 0 Å². The summed E-state index contributed by atoms with van der Waals surface area (Å²) in [5.74, 6) is -0.146. The van der Waals surface area contributed by atoms with E-state index >= 15 is 0 Å². The molecule has 94 valence electrons. The molecule has 0 aliphatic carbocycles. The van der Waals surface area contributed by atoms with Crippen molar-refractivity contribution in [3.05, 3.63) is 60.0 Å². The minimum absolute atomic E-state index is 0.305. The molecule has 3 rings (SSSR count). The van der Waals surface area contributed by atoms with Gasteiger partial charge >= 0.3 is 0 Å². The van der Waals surface area contributed by atoms with Gasteiger partial charge in [0.1, 0.15) is 11.6 Å². The average Bonchev–Trinajstić information content (AvgIpc) is 2.92. The molecule has 2 aromatic carbocycles. The smallest absolute Gasteiger partial charge is 0.257 e. The number of amides is 1. The lowest BCUT2D eigenvalue weighted by molar-refractivity contribution is 0.102. The van der Waals surface area contributed by atoms with Crippen molar-refractivity contribution >= 4 is 22.5 Å². The van der Waals surface area contributed by atoms with Crippen LogP contribution in [0.3, 0.4) is 0 Å². The average molecular weight is 255 g/mol. The van der Waals surface area contributed by atoms with Gasteiger partial charge in [-0.25, -0.2) is 4.39 Å². The topological polar surface area (TPSA) is 57.8 Å². The van der Waals surface area contributed by atoms with Gasteiger partial charge in [0.25, 0.3) is 5.91 Å². The van der Waals surface area contributed by atoms with Crippen molar-refractivity contribution < 1.29 is 9.18 Å². The van der Waals surface area contributed by atoms with Gasteiger partial charge < -0.3 is 5.32 Å². The molecule has 0 spiro atoms. The van der Waals surface area contributed by atoms with Crippen molar-refractivity contribution in [1.82, 2.24) is 10.2 Å². The number of carbonyl (C=O) groups excluding carboxylic acids is 1. The first-order valence-electron chi connectivity index (χ1n) is 5.73. The Morgan fingerprint density at radius 2 is 1.89 bits per heavy atom. The van der Waals surface area contributed by atoms with Crippen LogP contribution in [0.5, 0.6) is 0 Å². The Hall–Kier alpha value is -2.69. The standard InChI is InChI=1S/C14H10FN3O/c15-12-6-5-11(9-3-1-2-4-10(9)12)14(19)17-13-7-8-16-18-13/h1-8H,(H2,16,17,18,19). The van der Waals surface area contributed by atoms with Crippen LogP contribution < -0.4 is 5.32 Å². The summed E-state index contributed by atoms with van der Waals surface area (Å²) in [6.07, 6.45) is 1.54. The highest BCUT2D eigenvalue weighted by Gasteiger charge is 2.12. The number of rotatable bonds is 2. The summed E-state index contributed by atoms with van der Waals surface area (Å²) in [5, 5.41) is 10.1. The molecular formula is C14H10FN3O. The molecule has 0 atom stereocenters. The summed E-state index contributed by atoms with van der Waals surface area (Å²) in [5.41, 5.74) is 0.423. The highest BCUT2D eigenvalue weighted by Crippen LogP contribution is 2.22. The number of benzene rings is 2. The van der Waals surface area contributed by atoms with E-state index in [-0.39, 0.29) is 11.7 Å². The first-order valence-corrected chi connectivity index (χ1v) is 5.73. The highest BCUT2D eigenvalue weighted by molar-refractivity contribution is 6.12. The van der Waals surface area contributed by atoms with Crippen molar-refractivity contribution in [2.45, 2.75) is 0 Å². The second-order valence-electron chi connectivity index (χ2n) is 4.06. The molecule has 1 aromatic heterocycles. The summed E-state index contributed by atoms with van der Waals surface area (Å²) in [7, 11) is 0. The van der Waals surface area contributed by atoms with E-state index in [1.54, 1.807) is 36.5 Å². The Kier molecular flexibility index (Phi) is 2.72. The van der Waals surface area contributed by atoms with Gasteiger partial charge in [0.2, 0.25) is 0 Å². The van der Waals surface area contributed by atoms with Gasteiger partial charge in [0.15, 0.2) is 0 Å². The summed E-state index contributed by atoms with van der Waals surface area (Å²) in [6.45, 7) is 0. The number of anilines is 1. The quantitative estimate of drug-likeness (QED) is 0.739. The van der Waals surface area contributed by atoms with Crippen molar-refractivity contribution in [2.24, 2.45) is 0 Å². The largest absolute Gasteiger partial charge is 0.307 e. The molecule has 2 N–H and O–H groups in total. The van der Waals surface area contributed by atoms with Crippen LogP contribution in [0.4, 0.5) is 10.2 Å². The highest BCUT2D eigenvalue weighted by atomic mass is 19.1. The number of hydrogen-bond acceptors (Lipinski definition) is 2. The fraction of sp³-hybridized carbons (Fsp3) is 0. The van der Waals surface area contributed by atoms with E-state index in [1.165, 1.54) is 12.1 Å². The molecule has 0 fully saturated rings. The number of hydrogen-bond donors (Lipinski definition) is 2. The molecule has 0 bridgehead atoms. The zero-order valence-corrected chi connectivity index (χ0v) is 9.85. The lowest BCUT2D eigenvalue weighted by Gasteiger charge is -2.07. The molecule has 4 nitrogen and oxygen atoms in total. The van der Waals surface area contributed by atoms with Crippen LogP contribution in [0.2, 0.25) is 0 Å². The maximum absolute atomic E-state index is 13.7. The van der Waals surface area contributed by atoms with Gasteiger partial charge in [0, 0.05) is 17.0 Å². The van der Waals surface area contributed by atoms with Gasteiger partial charge in [0.05, 0.1) is 6.20 Å². The van der Waals surface area contributed by atoms with E-state index in [1.807, 2.05) is 0 Å². The maximum atomic E-state index is 13.7. The van der Waals surface area contributed by atoms with Crippen LogP contribution >= 0.6 is 0 Å². The van der Waals surface area contributed by atoms with Crippen molar-refractivity contribution in [2.75, 3.05) is 5.32 Å². The minimum atomic E-state index is -0.339. The van der Waals surface area contributed by atoms with E-state index < -0.39 is 0 Å². The molecule has 3 aromatic rings. The van der Waals surface area contributed by atoms with Crippen LogP contribution in [-0.4, -0.2) is 16.1 Å². The lowest BCUT2D eigenvalue weighted by atomic mass is 10.0. The number of aromatic amines is 1. The third kappa shape index (κ3) is 2.06. The zero-order chi connectivity index (χ0) is 13.2. The van der Waals surface area contributed by atoms with Crippen LogP contribution in [0.1, 0.15) is 10.4 Å². The Balaban J connectivity index is 2.05. The molecule has 1 amide bonds. The molecule has 19 heavy (non-hydrogen) atoms. The fourth-order valence-electron chi connectivity index (χ4n) is 1.98. The minimum Gasteiger partial charge on any atom is -0.307 e. The molecule has 0 saturated heterocycles. The van der Waals surface area contributed by atoms with E-state index in [2.05, 4.69) is 15.5 Å². The summed E-state index contributed by atoms with van der Waals surface area (Å²) < 4.78 is 13.7. The van der Waals surface area contributed by atoms with Gasteiger partial charge in [-0.2, -0.15) is 5.10 Å². The van der Waals surface area contributed by atoms with Crippen LogP contribution in [0.15, 0.2) is 48.7 Å². The Bertz CT molecular complexity index is 738. The van der Waals surface area contributed by atoms with Gasteiger partial charge in [-0.15, -0.1) is 0 Å². The summed E-state index contributed by atoms with van der Waals surface area (Å²) in [6, 6.07) is 11.3. The van der Waals surface area contributed by atoms with Crippen molar-refractivity contribution in [1.29, 1.82) is 0 Å². The maximum Gasteiger partial charge on any atom is 0.257 e. The van der Waals surface area contributed by atoms with Crippen LogP contribution in [0, 0.1) is 5.82 Å². The first kappa shape index (κ1) is 11.4. The summed E-state index contributed by atoms with van der Waals surface area (Å²) >= 11 is 0. The van der Waals surface area contributed by atoms with Crippen molar-refractivity contribution in [3.8, 4) is 0 Å². The van der Waals surface area contributed by atoms with Gasteiger partial charge in [-0.05, 0) is 17.5 Å². The molecule has 0 saturated carbocycles. The third-order valence-corrected chi connectivity index (χ3v) is 2.86. The SMILES string of the molecule is O=C(Nc1ccn[nH]1)c1ccc(F)c2ccccc12. The zero-order valence-electron chi connectivity index (χ0n) is 9.85. The Morgan fingerprint density at radius 1 is 1.11 bits per heavy atom. The number of aromatic nitrogens is 2. The molecule has 0 radical (unpaired) electrons. The molecular weight excluding hydrogens is 245 g/mol.